The monoisotopic (exact) mass is 276 g/mol. The molecule has 6 nitrogen and oxygen atoms in total. The molecule has 2 amide bonds. The van der Waals surface area contributed by atoms with Gasteiger partial charge in [0.15, 0.2) is 0 Å². The van der Waals surface area contributed by atoms with E-state index in [-0.39, 0.29) is 18.4 Å². The van der Waals surface area contributed by atoms with Gasteiger partial charge in [-0.1, -0.05) is 0 Å². The molecule has 1 fully saturated rings. The SMILES string of the molecule is CNC(=O)CN(C)C(=O)c1cccnc1N1CCCC1. The fourth-order valence-electron chi connectivity index (χ4n) is 2.32. The third-order valence-corrected chi connectivity index (χ3v) is 3.43. The van der Waals surface area contributed by atoms with Crippen molar-refractivity contribution in [1.29, 1.82) is 0 Å². The van der Waals surface area contributed by atoms with E-state index in [1.54, 1.807) is 32.4 Å². The smallest absolute Gasteiger partial charge is 0.257 e. The van der Waals surface area contributed by atoms with Gasteiger partial charge < -0.3 is 15.1 Å². The highest BCUT2D eigenvalue weighted by Crippen LogP contribution is 2.22. The summed E-state index contributed by atoms with van der Waals surface area (Å²) in [6, 6.07) is 3.52. The van der Waals surface area contributed by atoms with E-state index in [9.17, 15) is 9.59 Å². The Hall–Kier alpha value is -2.11. The van der Waals surface area contributed by atoms with Gasteiger partial charge in [0.2, 0.25) is 5.91 Å². The molecular formula is C14H20N4O2. The zero-order valence-corrected chi connectivity index (χ0v) is 11.9. The number of amides is 2. The van der Waals surface area contributed by atoms with Gasteiger partial charge in [0.05, 0.1) is 12.1 Å². The number of carbonyl (C=O) groups is 2. The van der Waals surface area contributed by atoms with Crippen LogP contribution in [0.4, 0.5) is 5.82 Å². The maximum atomic E-state index is 12.5. The number of pyridine rings is 1. The highest BCUT2D eigenvalue weighted by atomic mass is 16.2. The summed E-state index contributed by atoms with van der Waals surface area (Å²) >= 11 is 0. The van der Waals surface area contributed by atoms with Crippen molar-refractivity contribution in [2.75, 3.05) is 38.6 Å². The standard InChI is InChI=1S/C14H20N4O2/c1-15-12(19)10-17(2)14(20)11-6-5-7-16-13(11)18-8-3-4-9-18/h5-7H,3-4,8-10H2,1-2H3,(H,15,19). The molecule has 20 heavy (non-hydrogen) atoms. The van der Waals surface area contributed by atoms with Crippen LogP contribution in [0, 0.1) is 0 Å². The number of nitrogens with one attached hydrogen (secondary N) is 1. The lowest BCUT2D eigenvalue weighted by atomic mass is 10.2. The third-order valence-electron chi connectivity index (χ3n) is 3.43. The van der Waals surface area contributed by atoms with E-state index < -0.39 is 0 Å². The predicted molar refractivity (Wildman–Crippen MR) is 76.7 cm³/mol. The molecule has 1 aromatic heterocycles. The van der Waals surface area contributed by atoms with E-state index in [1.807, 2.05) is 0 Å². The third kappa shape index (κ3) is 3.07. The van der Waals surface area contributed by atoms with Gasteiger partial charge in [0.1, 0.15) is 5.82 Å². The molecule has 1 saturated heterocycles. The van der Waals surface area contributed by atoms with Gasteiger partial charge in [0, 0.05) is 33.4 Å². The number of rotatable bonds is 4. The number of likely N-dealkylation sites (N-methyl/N-ethyl adjacent to an activating group) is 2. The Balaban J connectivity index is 2.18. The van der Waals surface area contributed by atoms with Crippen molar-refractivity contribution in [3.8, 4) is 0 Å². The van der Waals surface area contributed by atoms with Gasteiger partial charge in [0.25, 0.3) is 5.91 Å². The summed E-state index contributed by atoms with van der Waals surface area (Å²) in [5.41, 5.74) is 0.556. The van der Waals surface area contributed by atoms with Crippen molar-refractivity contribution < 1.29 is 9.59 Å². The van der Waals surface area contributed by atoms with Gasteiger partial charge >= 0.3 is 0 Å². The van der Waals surface area contributed by atoms with Crippen molar-refractivity contribution in [2.45, 2.75) is 12.8 Å². The summed E-state index contributed by atoms with van der Waals surface area (Å²) in [5.74, 6) is 0.356. The number of nitrogens with zero attached hydrogens (tertiary/aromatic N) is 3. The molecule has 108 valence electrons. The molecule has 1 N–H and O–H groups in total. The molecule has 1 aromatic rings. The van der Waals surface area contributed by atoms with E-state index in [4.69, 9.17) is 0 Å². The van der Waals surface area contributed by atoms with Crippen LogP contribution in [0.1, 0.15) is 23.2 Å². The second-order valence-electron chi connectivity index (χ2n) is 4.90. The molecule has 0 unspecified atom stereocenters. The molecule has 6 heteroatoms. The average molecular weight is 276 g/mol. The minimum atomic E-state index is -0.188. The average Bonchev–Trinajstić information content (AvgIpc) is 3.00. The largest absolute Gasteiger partial charge is 0.358 e. The summed E-state index contributed by atoms with van der Waals surface area (Å²) in [5, 5.41) is 2.51. The van der Waals surface area contributed by atoms with E-state index in [0.717, 1.165) is 31.7 Å². The number of hydrogen-bond acceptors (Lipinski definition) is 4. The van der Waals surface area contributed by atoms with Crippen molar-refractivity contribution in [2.24, 2.45) is 0 Å². The van der Waals surface area contributed by atoms with Crippen LogP contribution in [0.2, 0.25) is 0 Å². The second-order valence-corrected chi connectivity index (χ2v) is 4.90. The summed E-state index contributed by atoms with van der Waals surface area (Å²) in [6.45, 7) is 1.90. The maximum absolute atomic E-state index is 12.5. The lowest BCUT2D eigenvalue weighted by Crippen LogP contribution is -2.37. The van der Waals surface area contributed by atoms with Crippen molar-refractivity contribution >= 4 is 17.6 Å². The van der Waals surface area contributed by atoms with Crippen LogP contribution in [0.25, 0.3) is 0 Å². The van der Waals surface area contributed by atoms with Gasteiger partial charge in [-0.3, -0.25) is 9.59 Å². The molecule has 0 spiro atoms. The van der Waals surface area contributed by atoms with Gasteiger partial charge in [-0.05, 0) is 25.0 Å². The fraction of sp³-hybridized carbons (Fsp3) is 0.500. The second kappa shape index (κ2) is 6.36. The molecule has 0 bridgehead atoms. The fourth-order valence-corrected chi connectivity index (χ4v) is 2.32. The molecule has 0 saturated carbocycles. The Labute approximate surface area is 118 Å². The van der Waals surface area contributed by atoms with E-state index in [0.29, 0.717) is 5.56 Å². The van der Waals surface area contributed by atoms with Gasteiger partial charge in [-0.25, -0.2) is 4.98 Å². The van der Waals surface area contributed by atoms with Gasteiger partial charge in [-0.15, -0.1) is 0 Å². The van der Waals surface area contributed by atoms with Crippen LogP contribution in [0.5, 0.6) is 0 Å². The van der Waals surface area contributed by atoms with E-state index in [1.165, 1.54) is 4.90 Å². The van der Waals surface area contributed by atoms with Crippen LogP contribution in [-0.4, -0.2) is 55.4 Å². The molecular weight excluding hydrogens is 256 g/mol. The van der Waals surface area contributed by atoms with Crippen LogP contribution in [0.15, 0.2) is 18.3 Å². The Morgan fingerprint density at radius 3 is 2.75 bits per heavy atom. The highest BCUT2D eigenvalue weighted by molar-refractivity contribution is 6.00. The van der Waals surface area contributed by atoms with Gasteiger partial charge in [-0.2, -0.15) is 0 Å². The van der Waals surface area contributed by atoms with E-state index in [2.05, 4.69) is 15.2 Å². The molecule has 0 atom stereocenters. The molecule has 2 heterocycles. The molecule has 2 rings (SSSR count). The quantitative estimate of drug-likeness (QED) is 0.869. The Morgan fingerprint density at radius 1 is 1.40 bits per heavy atom. The zero-order chi connectivity index (χ0) is 14.5. The topological polar surface area (TPSA) is 65.5 Å². The van der Waals surface area contributed by atoms with Crippen LogP contribution < -0.4 is 10.2 Å². The first-order chi connectivity index (χ1) is 9.63. The highest BCUT2D eigenvalue weighted by Gasteiger charge is 2.23. The predicted octanol–water partition coefficient (Wildman–Crippen LogP) is 0.500. The first-order valence-corrected chi connectivity index (χ1v) is 6.79. The molecule has 1 aliphatic heterocycles. The Morgan fingerprint density at radius 2 is 2.10 bits per heavy atom. The van der Waals surface area contributed by atoms with Crippen molar-refractivity contribution in [1.82, 2.24) is 15.2 Å². The Kier molecular flexibility index (Phi) is 4.55. The molecule has 1 aliphatic rings. The number of aromatic nitrogens is 1. The lowest BCUT2D eigenvalue weighted by molar-refractivity contribution is -0.121. The van der Waals surface area contributed by atoms with E-state index >= 15 is 0 Å². The Bertz CT molecular complexity index is 498. The van der Waals surface area contributed by atoms with Crippen LogP contribution in [-0.2, 0) is 4.79 Å². The lowest BCUT2D eigenvalue weighted by Gasteiger charge is -2.22. The molecule has 0 aliphatic carbocycles. The molecule has 0 radical (unpaired) electrons. The normalized spacial score (nSPS) is 14.2. The first kappa shape index (κ1) is 14.3. The number of carbonyl (C=O) groups excluding carboxylic acids is 2. The number of anilines is 1. The minimum absolute atomic E-state index is 0.0453. The van der Waals surface area contributed by atoms with Crippen LogP contribution in [0.3, 0.4) is 0 Å². The summed E-state index contributed by atoms with van der Waals surface area (Å²) < 4.78 is 0. The van der Waals surface area contributed by atoms with Crippen molar-refractivity contribution in [3.63, 3.8) is 0 Å². The summed E-state index contributed by atoms with van der Waals surface area (Å²) in [7, 11) is 3.18. The van der Waals surface area contributed by atoms with Crippen molar-refractivity contribution in [3.05, 3.63) is 23.9 Å². The minimum Gasteiger partial charge on any atom is -0.358 e. The maximum Gasteiger partial charge on any atom is 0.257 e. The van der Waals surface area contributed by atoms with Crippen LogP contribution >= 0.6 is 0 Å². The zero-order valence-electron chi connectivity index (χ0n) is 11.9. The number of hydrogen-bond donors (Lipinski definition) is 1. The first-order valence-electron chi connectivity index (χ1n) is 6.79. The molecule has 0 aromatic carbocycles. The summed E-state index contributed by atoms with van der Waals surface area (Å²) in [4.78, 5) is 31.7. The summed E-state index contributed by atoms with van der Waals surface area (Å²) in [6.07, 6.45) is 3.94.